The first-order valence-electron chi connectivity index (χ1n) is 10.8. The lowest BCUT2D eigenvalue weighted by Gasteiger charge is -2.12. The summed E-state index contributed by atoms with van der Waals surface area (Å²) in [4.78, 5) is 19.6. The van der Waals surface area contributed by atoms with Crippen molar-refractivity contribution in [1.82, 2.24) is 9.97 Å². The molecule has 184 valence electrons. The number of carbonyl (C=O) groups is 1. The number of methoxy groups -OCH3 is 1. The highest BCUT2D eigenvalue weighted by Gasteiger charge is 2.11. The molecule has 0 aliphatic heterocycles. The van der Waals surface area contributed by atoms with Gasteiger partial charge < -0.3 is 24.8 Å². The van der Waals surface area contributed by atoms with Crippen molar-refractivity contribution in [2.75, 3.05) is 44.2 Å². The monoisotopic (exact) mass is 484 g/mol. The lowest BCUT2D eigenvalue weighted by atomic mass is 10.1. The van der Waals surface area contributed by atoms with E-state index in [-0.39, 0.29) is 36.3 Å². The number of anilines is 4. The lowest BCUT2D eigenvalue weighted by molar-refractivity contribution is -0.114. The summed E-state index contributed by atoms with van der Waals surface area (Å²) in [5.74, 6) is -1.33. The first-order valence-corrected chi connectivity index (χ1v) is 10.8. The Morgan fingerprint density at radius 2 is 1.83 bits per heavy atom. The fraction of sp³-hybridized carbons (Fsp3) is 0.240. The number of carbonyl (C=O) groups excluding carboxylic acids is 1. The molecule has 1 aromatic heterocycles. The summed E-state index contributed by atoms with van der Waals surface area (Å²) >= 11 is 0. The Labute approximate surface area is 202 Å². The van der Waals surface area contributed by atoms with Gasteiger partial charge in [-0.2, -0.15) is 4.98 Å². The van der Waals surface area contributed by atoms with E-state index >= 15 is 0 Å². The second kappa shape index (κ2) is 13.1. The standard InChI is InChI=1S/C25H26F2N4O4/c1-3-20(32)14-17-5-4-6-18(13-17)29-24-22(27)16-28-25(31-24)30-19-7-8-23(21(26)15-19)35-12-11-34-10-9-33-2/h3-8,13,15-16H,1,9-12,14H2,2H3,(H2,28,29,30,31). The Hall–Kier alpha value is -3.89. The minimum absolute atomic E-state index is 0.0616. The van der Waals surface area contributed by atoms with E-state index in [0.717, 1.165) is 11.8 Å². The van der Waals surface area contributed by atoms with Crippen LogP contribution in [0.25, 0.3) is 0 Å². The molecule has 0 fully saturated rings. The number of hydrogen-bond acceptors (Lipinski definition) is 8. The number of aromatic nitrogens is 2. The molecule has 0 saturated carbocycles. The third-order valence-corrected chi connectivity index (χ3v) is 4.64. The van der Waals surface area contributed by atoms with Crippen LogP contribution in [-0.2, 0) is 20.7 Å². The molecule has 3 rings (SSSR count). The van der Waals surface area contributed by atoms with Crippen LogP contribution >= 0.6 is 0 Å². The van der Waals surface area contributed by atoms with E-state index in [2.05, 4.69) is 27.2 Å². The van der Waals surface area contributed by atoms with Gasteiger partial charge in [-0.1, -0.05) is 18.7 Å². The molecule has 0 amide bonds. The molecule has 2 aromatic carbocycles. The Bertz CT molecular complexity index is 1160. The molecule has 10 heteroatoms. The van der Waals surface area contributed by atoms with Crippen LogP contribution in [0.4, 0.5) is 31.9 Å². The van der Waals surface area contributed by atoms with Crippen LogP contribution in [0.2, 0.25) is 0 Å². The van der Waals surface area contributed by atoms with Gasteiger partial charge >= 0.3 is 0 Å². The predicted octanol–water partition coefficient (Wildman–Crippen LogP) is 4.58. The number of hydrogen-bond donors (Lipinski definition) is 2. The second-order valence-corrected chi connectivity index (χ2v) is 7.29. The van der Waals surface area contributed by atoms with Gasteiger partial charge in [0.15, 0.2) is 29.0 Å². The van der Waals surface area contributed by atoms with Crippen LogP contribution in [0.5, 0.6) is 5.75 Å². The maximum absolute atomic E-state index is 14.4. The molecular formula is C25H26F2N4O4. The summed E-state index contributed by atoms with van der Waals surface area (Å²) in [6, 6.07) is 11.2. The number of halogens is 2. The van der Waals surface area contributed by atoms with Gasteiger partial charge in [0.1, 0.15) is 6.61 Å². The van der Waals surface area contributed by atoms with E-state index in [4.69, 9.17) is 14.2 Å². The number of allylic oxidation sites excluding steroid dienone is 1. The molecular weight excluding hydrogens is 458 g/mol. The minimum atomic E-state index is -0.675. The van der Waals surface area contributed by atoms with Gasteiger partial charge in [0.25, 0.3) is 0 Å². The molecule has 0 spiro atoms. The highest BCUT2D eigenvalue weighted by atomic mass is 19.1. The maximum Gasteiger partial charge on any atom is 0.229 e. The van der Waals surface area contributed by atoms with Gasteiger partial charge in [0, 0.05) is 31.0 Å². The molecule has 0 radical (unpaired) electrons. The summed E-state index contributed by atoms with van der Waals surface area (Å²) in [6.45, 7) is 4.85. The van der Waals surface area contributed by atoms with E-state index in [0.29, 0.717) is 31.2 Å². The van der Waals surface area contributed by atoms with Crippen molar-refractivity contribution >= 4 is 28.9 Å². The predicted molar refractivity (Wildman–Crippen MR) is 128 cm³/mol. The van der Waals surface area contributed by atoms with Gasteiger partial charge in [-0.25, -0.2) is 13.8 Å². The van der Waals surface area contributed by atoms with Gasteiger partial charge in [-0.15, -0.1) is 0 Å². The number of ketones is 1. The van der Waals surface area contributed by atoms with Gasteiger partial charge in [0.05, 0.1) is 26.0 Å². The summed E-state index contributed by atoms with van der Waals surface area (Å²) < 4.78 is 44.2. The molecule has 0 bridgehead atoms. The lowest BCUT2D eigenvalue weighted by Crippen LogP contribution is -2.10. The van der Waals surface area contributed by atoms with E-state index in [1.54, 1.807) is 37.4 Å². The molecule has 0 aliphatic carbocycles. The zero-order valence-electron chi connectivity index (χ0n) is 19.2. The fourth-order valence-electron chi connectivity index (χ4n) is 2.96. The normalized spacial score (nSPS) is 10.6. The SMILES string of the molecule is C=CC(=O)Cc1cccc(Nc2nc(Nc3ccc(OCCOCCOC)c(F)c3)ncc2F)c1. The topological polar surface area (TPSA) is 94.6 Å². The average Bonchev–Trinajstić information content (AvgIpc) is 2.84. The smallest absolute Gasteiger partial charge is 0.229 e. The highest BCUT2D eigenvalue weighted by Crippen LogP contribution is 2.25. The van der Waals surface area contributed by atoms with E-state index in [9.17, 15) is 13.6 Å². The Morgan fingerprint density at radius 1 is 1.03 bits per heavy atom. The zero-order valence-corrected chi connectivity index (χ0v) is 19.2. The van der Waals surface area contributed by atoms with Crippen molar-refractivity contribution in [2.24, 2.45) is 0 Å². The van der Waals surface area contributed by atoms with Crippen molar-refractivity contribution in [2.45, 2.75) is 6.42 Å². The largest absolute Gasteiger partial charge is 0.488 e. The molecule has 0 saturated heterocycles. The van der Waals surface area contributed by atoms with Crippen molar-refractivity contribution in [3.63, 3.8) is 0 Å². The number of ether oxygens (including phenoxy) is 3. The second-order valence-electron chi connectivity index (χ2n) is 7.29. The third-order valence-electron chi connectivity index (χ3n) is 4.64. The van der Waals surface area contributed by atoms with Crippen LogP contribution < -0.4 is 15.4 Å². The maximum atomic E-state index is 14.4. The number of rotatable bonds is 14. The van der Waals surface area contributed by atoms with Crippen LogP contribution in [0.15, 0.2) is 61.3 Å². The summed E-state index contributed by atoms with van der Waals surface area (Å²) in [5, 5.41) is 5.72. The molecule has 0 unspecified atom stereocenters. The summed E-state index contributed by atoms with van der Waals surface area (Å²) in [5.41, 5.74) is 1.64. The molecule has 0 atom stereocenters. The zero-order chi connectivity index (χ0) is 25.0. The highest BCUT2D eigenvalue weighted by molar-refractivity contribution is 5.91. The summed E-state index contributed by atoms with van der Waals surface area (Å²) in [7, 11) is 1.58. The van der Waals surface area contributed by atoms with Crippen LogP contribution in [0.3, 0.4) is 0 Å². The first-order chi connectivity index (χ1) is 17.0. The number of nitrogens with zero attached hydrogens (tertiary/aromatic N) is 2. The quantitative estimate of drug-likeness (QED) is 0.254. The Balaban J connectivity index is 1.63. The van der Waals surface area contributed by atoms with Crippen molar-refractivity contribution in [1.29, 1.82) is 0 Å². The molecule has 3 aromatic rings. The van der Waals surface area contributed by atoms with E-state index in [1.165, 1.54) is 18.2 Å². The van der Waals surface area contributed by atoms with Crippen LogP contribution in [0.1, 0.15) is 5.56 Å². The van der Waals surface area contributed by atoms with Crippen molar-refractivity contribution in [3.8, 4) is 5.75 Å². The minimum Gasteiger partial charge on any atom is -0.488 e. The first kappa shape index (κ1) is 25.7. The number of benzene rings is 2. The molecule has 0 aliphatic rings. The van der Waals surface area contributed by atoms with Crippen molar-refractivity contribution < 1.29 is 27.8 Å². The Morgan fingerprint density at radius 3 is 2.60 bits per heavy atom. The van der Waals surface area contributed by atoms with Gasteiger partial charge in [0.2, 0.25) is 5.95 Å². The van der Waals surface area contributed by atoms with E-state index < -0.39 is 11.6 Å². The van der Waals surface area contributed by atoms with Crippen molar-refractivity contribution in [3.05, 3.63) is 78.5 Å². The third kappa shape index (κ3) is 8.13. The molecule has 8 nitrogen and oxygen atoms in total. The molecule has 35 heavy (non-hydrogen) atoms. The molecule has 2 N–H and O–H groups in total. The van der Waals surface area contributed by atoms with Gasteiger partial charge in [-0.3, -0.25) is 4.79 Å². The van der Waals surface area contributed by atoms with Crippen LogP contribution in [-0.4, -0.2) is 49.3 Å². The molecule has 1 heterocycles. The summed E-state index contributed by atoms with van der Waals surface area (Å²) in [6.07, 6.45) is 2.44. The van der Waals surface area contributed by atoms with Gasteiger partial charge in [-0.05, 0) is 35.9 Å². The van der Waals surface area contributed by atoms with Crippen LogP contribution in [0, 0.1) is 11.6 Å². The fourth-order valence-corrected chi connectivity index (χ4v) is 2.96. The van der Waals surface area contributed by atoms with E-state index in [1.807, 2.05) is 0 Å². The average molecular weight is 485 g/mol. The number of nitrogens with one attached hydrogen (secondary N) is 2. The Kier molecular flexibility index (Phi) is 9.64.